The van der Waals surface area contributed by atoms with E-state index in [1.807, 2.05) is 6.92 Å². The molecule has 0 spiro atoms. The molecule has 0 aliphatic carbocycles. The molecule has 0 aliphatic rings. The van der Waals surface area contributed by atoms with Crippen LogP contribution in [0.1, 0.15) is 57.3 Å². The summed E-state index contributed by atoms with van der Waals surface area (Å²) in [5.74, 6) is -3.75. The van der Waals surface area contributed by atoms with Crippen molar-refractivity contribution in [3.8, 4) is 0 Å². The predicted octanol–water partition coefficient (Wildman–Crippen LogP) is 2.78. The lowest BCUT2D eigenvalue weighted by molar-refractivity contribution is -0.138. The van der Waals surface area contributed by atoms with Crippen molar-refractivity contribution in [2.75, 3.05) is 13.2 Å². The quantitative estimate of drug-likeness (QED) is 0.342. The summed E-state index contributed by atoms with van der Waals surface area (Å²) in [6.07, 6.45) is 3.03. The van der Waals surface area contributed by atoms with Crippen LogP contribution in [-0.2, 0) is 14.3 Å². The van der Waals surface area contributed by atoms with Gasteiger partial charge in [0.1, 0.15) is 0 Å². The normalized spacial score (nSPS) is 11.3. The number of carboxylic acid groups (broad SMARTS) is 2. The molecule has 8 heteroatoms. The molecule has 0 bridgehead atoms. The summed E-state index contributed by atoms with van der Waals surface area (Å²) in [5.41, 5.74) is -0.843. The molecular formula is C19H22O8. The molecule has 0 fully saturated rings. The van der Waals surface area contributed by atoms with Gasteiger partial charge >= 0.3 is 23.9 Å². The second-order valence-corrected chi connectivity index (χ2v) is 5.91. The molecule has 8 nitrogen and oxygen atoms in total. The van der Waals surface area contributed by atoms with Crippen molar-refractivity contribution >= 4 is 23.9 Å². The Morgan fingerprint density at radius 3 is 2.33 bits per heavy atom. The molecule has 0 saturated carbocycles. The number of esters is 2. The Morgan fingerprint density at radius 1 is 1.04 bits per heavy atom. The lowest BCUT2D eigenvalue weighted by atomic mass is 10.0. The van der Waals surface area contributed by atoms with E-state index in [1.165, 1.54) is 0 Å². The zero-order valence-electron chi connectivity index (χ0n) is 15.0. The van der Waals surface area contributed by atoms with Crippen LogP contribution in [0, 0.1) is 5.92 Å². The number of aromatic carboxylic acids is 2. The monoisotopic (exact) mass is 378 g/mol. The van der Waals surface area contributed by atoms with Crippen molar-refractivity contribution in [3.05, 3.63) is 47.5 Å². The summed E-state index contributed by atoms with van der Waals surface area (Å²) in [4.78, 5) is 45.2. The molecule has 1 rings (SSSR count). The van der Waals surface area contributed by atoms with E-state index < -0.39 is 29.4 Å². The fourth-order valence-corrected chi connectivity index (χ4v) is 2.27. The van der Waals surface area contributed by atoms with E-state index >= 15 is 0 Å². The number of ether oxygens (including phenoxy) is 2. The van der Waals surface area contributed by atoms with Gasteiger partial charge in [0.15, 0.2) is 0 Å². The van der Waals surface area contributed by atoms with E-state index in [1.54, 1.807) is 0 Å². The van der Waals surface area contributed by atoms with Crippen LogP contribution in [0.4, 0.5) is 0 Å². The largest absolute Gasteiger partial charge is 0.478 e. The van der Waals surface area contributed by atoms with Gasteiger partial charge in [0.05, 0.1) is 29.9 Å². The smallest absolute Gasteiger partial charge is 0.339 e. The van der Waals surface area contributed by atoms with Crippen LogP contribution in [0.15, 0.2) is 30.9 Å². The van der Waals surface area contributed by atoms with Gasteiger partial charge in [0, 0.05) is 6.08 Å². The van der Waals surface area contributed by atoms with Crippen LogP contribution in [0.25, 0.3) is 0 Å². The number of hydrogen-bond acceptors (Lipinski definition) is 6. The Morgan fingerprint density at radius 2 is 1.74 bits per heavy atom. The fourth-order valence-electron chi connectivity index (χ4n) is 2.27. The molecule has 0 aliphatic heterocycles. The zero-order chi connectivity index (χ0) is 20.4. The molecule has 0 saturated heterocycles. The van der Waals surface area contributed by atoms with Crippen molar-refractivity contribution < 1.29 is 38.9 Å². The van der Waals surface area contributed by atoms with Gasteiger partial charge in [-0.05, 0) is 43.4 Å². The van der Waals surface area contributed by atoms with Gasteiger partial charge in [-0.1, -0.05) is 13.5 Å². The second kappa shape index (κ2) is 10.7. The van der Waals surface area contributed by atoms with Crippen LogP contribution in [0.5, 0.6) is 0 Å². The van der Waals surface area contributed by atoms with Crippen molar-refractivity contribution in [1.82, 2.24) is 0 Å². The average molecular weight is 378 g/mol. The first-order valence-corrected chi connectivity index (χ1v) is 8.33. The molecule has 0 radical (unpaired) electrons. The molecule has 1 atom stereocenters. The lowest BCUT2D eigenvalue weighted by Crippen LogP contribution is -2.14. The standard InChI is InChI=1S/C19H22O8/c1-3-16(20)26-10-8-12(2)5-4-9-27-19(25)14-7-6-13(17(21)22)11-15(14)18(23)24/h3,6-7,11-12H,1,4-5,8-10H2,2H3,(H,21,22)(H,23,24). The van der Waals surface area contributed by atoms with Gasteiger partial charge in [0.25, 0.3) is 0 Å². The van der Waals surface area contributed by atoms with Crippen molar-refractivity contribution in [2.24, 2.45) is 5.92 Å². The summed E-state index contributed by atoms with van der Waals surface area (Å²) in [5, 5.41) is 18.1. The molecule has 2 N–H and O–H groups in total. The topological polar surface area (TPSA) is 127 Å². The number of hydrogen-bond donors (Lipinski definition) is 2. The van der Waals surface area contributed by atoms with Crippen molar-refractivity contribution in [1.29, 1.82) is 0 Å². The molecule has 1 aromatic rings. The van der Waals surface area contributed by atoms with E-state index in [9.17, 15) is 19.2 Å². The summed E-state index contributed by atoms with van der Waals surface area (Å²) in [6, 6.07) is 3.21. The number of benzene rings is 1. The molecule has 0 aromatic heterocycles. The molecule has 1 unspecified atom stereocenters. The third-order valence-electron chi connectivity index (χ3n) is 3.81. The first-order valence-electron chi connectivity index (χ1n) is 8.33. The van der Waals surface area contributed by atoms with Gasteiger partial charge in [-0.2, -0.15) is 0 Å². The Labute approximate surface area is 156 Å². The van der Waals surface area contributed by atoms with E-state index in [-0.39, 0.29) is 30.3 Å². The van der Waals surface area contributed by atoms with Crippen molar-refractivity contribution in [2.45, 2.75) is 26.2 Å². The Hall–Kier alpha value is -3.16. The average Bonchev–Trinajstić information content (AvgIpc) is 2.64. The highest BCUT2D eigenvalue weighted by atomic mass is 16.5. The number of rotatable bonds is 11. The minimum Gasteiger partial charge on any atom is -0.478 e. The first kappa shape index (κ1) is 21.9. The van der Waals surface area contributed by atoms with E-state index in [0.717, 1.165) is 30.7 Å². The molecule has 0 heterocycles. The first-order chi connectivity index (χ1) is 12.8. The Kier molecular flexibility index (Phi) is 8.71. The maximum atomic E-state index is 12.1. The minimum atomic E-state index is -1.41. The number of carboxylic acids is 2. The molecule has 146 valence electrons. The molecular weight excluding hydrogens is 356 g/mol. The van der Waals surface area contributed by atoms with Crippen LogP contribution in [0.3, 0.4) is 0 Å². The van der Waals surface area contributed by atoms with Crippen LogP contribution in [-0.4, -0.2) is 47.3 Å². The summed E-state index contributed by atoms with van der Waals surface area (Å²) >= 11 is 0. The van der Waals surface area contributed by atoms with Crippen LogP contribution >= 0.6 is 0 Å². The zero-order valence-corrected chi connectivity index (χ0v) is 15.0. The van der Waals surface area contributed by atoms with Crippen LogP contribution < -0.4 is 0 Å². The third kappa shape index (κ3) is 7.31. The van der Waals surface area contributed by atoms with E-state index in [2.05, 4.69) is 6.58 Å². The highest BCUT2D eigenvalue weighted by molar-refractivity contribution is 6.04. The maximum Gasteiger partial charge on any atom is 0.339 e. The van der Waals surface area contributed by atoms with Gasteiger partial charge in [-0.15, -0.1) is 0 Å². The molecule has 27 heavy (non-hydrogen) atoms. The lowest BCUT2D eigenvalue weighted by Gasteiger charge is -2.12. The third-order valence-corrected chi connectivity index (χ3v) is 3.81. The molecule has 0 amide bonds. The SMILES string of the molecule is C=CC(=O)OCCC(C)CCCOC(=O)c1ccc(C(=O)O)cc1C(=O)O. The highest BCUT2D eigenvalue weighted by Crippen LogP contribution is 2.15. The Balaban J connectivity index is 2.48. The molecule has 1 aromatic carbocycles. The summed E-state index contributed by atoms with van der Waals surface area (Å²) < 4.78 is 9.97. The van der Waals surface area contributed by atoms with Gasteiger partial charge < -0.3 is 19.7 Å². The predicted molar refractivity (Wildman–Crippen MR) is 94.8 cm³/mol. The maximum absolute atomic E-state index is 12.1. The Bertz CT molecular complexity index is 722. The van der Waals surface area contributed by atoms with Crippen molar-refractivity contribution in [3.63, 3.8) is 0 Å². The van der Waals surface area contributed by atoms with E-state index in [0.29, 0.717) is 12.8 Å². The number of carbonyl (C=O) groups excluding carboxylic acids is 2. The van der Waals surface area contributed by atoms with Gasteiger partial charge in [-0.25, -0.2) is 19.2 Å². The second-order valence-electron chi connectivity index (χ2n) is 5.91. The minimum absolute atomic E-state index is 0.0926. The van der Waals surface area contributed by atoms with Gasteiger partial charge in [-0.3, -0.25) is 0 Å². The number of carbonyl (C=O) groups is 4. The van der Waals surface area contributed by atoms with E-state index in [4.69, 9.17) is 19.7 Å². The highest BCUT2D eigenvalue weighted by Gasteiger charge is 2.20. The summed E-state index contributed by atoms with van der Waals surface area (Å²) in [6.45, 7) is 5.65. The summed E-state index contributed by atoms with van der Waals surface area (Å²) in [7, 11) is 0. The van der Waals surface area contributed by atoms with Gasteiger partial charge in [0.2, 0.25) is 0 Å². The van der Waals surface area contributed by atoms with Crippen LogP contribution in [0.2, 0.25) is 0 Å². The fraction of sp³-hybridized carbons (Fsp3) is 0.368.